The molecule has 1 unspecified atom stereocenters. The van der Waals surface area contributed by atoms with Crippen molar-refractivity contribution in [2.75, 3.05) is 13.2 Å². The highest BCUT2D eigenvalue weighted by atomic mass is 16.6. The topological polar surface area (TPSA) is 46.6 Å². The Balaban J connectivity index is 1.46. The molecule has 2 aromatic carbocycles. The standard InChI is InChI=1S/C21H19NO3/c23-19(22-9-10-25-20(22)24)21-8-7-17(12-21)18(13-21)16-6-5-14-3-1-2-4-15(14)11-16/h1-8,11,17-18H,9-10,12-13H2/t17-,18?,21-/m0/s1. The molecule has 126 valence electrons. The molecule has 1 aliphatic heterocycles. The van der Waals surface area contributed by atoms with Crippen molar-refractivity contribution in [3.63, 3.8) is 0 Å². The average Bonchev–Trinajstić information content (AvgIpc) is 3.35. The number of carbonyl (C=O) groups is 2. The quantitative estimate of drug-likeness (QED) is 0.784. The fraction of sp³-hybridized carbons (Fsp3) is 0.333. The van der Waals surface area contributed by atoms with E-state index in [9.17, 15) is 9.59 Å². The van der Waals surface area contributed by atoms with Gasteiger partial charge in [0.05, 0.1) is 12.0 Å². The van der Waals surface area contributed by atoms with Gasteiger partial charge in [-0.3, -0.25) is 4.79 Å². The van der Waals surface area contributed by atoms with Crippen molar-refractivity contribution >= 4 is 22.8 Å². The zero-order valence-corrected chi connectivity index (χ0v) is 13.9. The molecule has 2 aliphatic carbocycles. The van der Waals surface area contributed by atoms with E-state index in [0.29, 0.717) is 25.0 Å². The summed E-state index contributed by atoms with van der Waals surface area (Å²) in [5.74, 6) is 0.609. The molecule has 2 aromatic rings. The van der Waals surface area contributed by atoms with Crippen LogP contribution in [0.1, 0.15) is 24.3 Å². The molecule has 0 aromatic heterocycles. The van der Waals surface area contributed by atoms with Crippen molar-refractivity contribution in [2.45, 2.75) is 18.8 Å². The van der Waals surface area contributed by atoms with E-state index in [0.717, 1.165) is 12.8 Å². The molecule has 5 rings (SSSR count). The molecule has 2 amide bonds. The van der Waals surface area contributed by atoms with Gasteiger partial charge in [-0.25, -0.2) is 9.69 Å². The molecule has 0 N–H and O–H groups in total. The van der Waals surface area contributed by atoms with Gasteiger partial charge in [-0.2, -0.15) is 0 Å². The van der Waals surface area contributed by atoms with Gasteiger partial charge in [0, 0.05) is 0 Å². The second kappa shape index (κ2) is 5.19. The first-order valence-corrected chi connectivity index (χ1v) is 8.83. The van der Waals surface area contributed by atoms with Gasteiger partial charge in [0.2, 0.25) is 5.91 Å². The van der Waals surface area contributed by atoms with Gasteiger partial charge >= 0.3 is 6.09 Å². The minimum Gasteiger partial charge on any atom is -0.447 e. The molecule has 4 nitrogen and oxygen atoms in total. The maximum absolute atomic E-state index is 13.0. The normalized spacial score (nSPS) is 30.2. The molecule has 1 saturated carbocycles. The Labute approximate surface area is 146 Å². The first kappa shape index (κ1) is 14.7. The Kier molecular flexibility index (Phi) is 3.05. The molecule has 2 bridgehead atoms. The fourth-order valence-corrected chi connectivity index (χ4v) is 4.73. The van der Waals surface area contributed by atoms with E-state index in [2.05, 4.69) is 42.5 Å². The number of cyclic esters (lactones) is 1. The van der Waals surface area contributed by atoms with Gasteiger partial charge in [-0.05, 0) is 41.0 Å². The zero-order chi connectivity index (χ0) is 17.0. The number of allylic oxidation sites excluding steroid dienone is 1. The largest absolute Gasteiger partial charge is 0.447 e. The highest BCUT2D eigenvalue weighted by Gasteiger charge is 2.54. The van der Waals surface area contributed by atoms with Crippen LogP contribution in [0.2, 0.25) is 0 Å². The van der Waals surface area contributed by atoms with E-state index >= 15 is 0 Å². The third-order valence-corrected chi connectivity index (χ3v) is 6.00. The maximum atomic E-state index is 13.0. The van der Waals surface area contributed by atoms with Crippen molar-refractivity contribution in [3.05, 3.63) is 60.2 Å². The summed E-state index contributed by atoms with van der Waals surface area (Å²) < 4.78 is 4.95. The van der Waals surface area contributed by atoms with Crippen molar-refractivity contribution < 1.29 is 14.3 Å². The molecular weight excluding hydrogens is 314 g/mol. The number of ether oxygens (including phenoxy) is 1. The van der Waals surface area contributed by atoms with Gasteiger partial charge in [0.15, 0.2) is 0 Å². The van der Waals surface area contributed by atoms with Crippen molar-refractivity contribution in [3.8, 4) is 0 Å². The van der Waals surface area contributed by atoms with E-state index in [-0.39, 0.29) is 5.91 Å². The van der Waals surface area contributed by atoms with Crippen LogP contribution in [0.15, 0.2) is 54.6 Å². The molecule has 3 atom stereocenters. The molecule has 1 heterocycles. The van der Waals surface area contributed by atoms with Crippen molar-refractivity contribution in [2.24, 2.45) is 11.3 Å². The minimum atomic E-state index is -0.537. The molecule has 25 heavy (non-hydrogen) atoms. The summed E-state index contributed by atoms with van der Waals surface area (Å²) in [6.07, 6.45) is 5.28. The Morgan fingerprint density at radius 3 is 2.76 bits per heavy atom. The first-order valence-electron chi connectivity index (χ1n) is 8.83. The highest BCUT2D eigenvalue weighted by molar-refractivity contribution is 5.98. The van der Waals surface area contributed by atoms with Crippen molar-refractivity contribution in [1.82, 2.24) is 4.90 Å². The van der Waals surface area contributed by atoms with Crippen molar-refractivity contribution in [1.29, 1.82) is 0 Å². The van der Waals surface area contributed by atoms with Gasteiger partial charge in [0.1, 0.15) is 6.61 Å². The Morgan fingerprint density at radius 1 is 1.12 bits per heavy atom. The summed E-state index contributed by atoms with van der Waals surface area (Å²) in [6.45, 7) is 0.681. The highest BCUT2D eigenvalue weighted by Crippen LogP contribution is 2.57. The van der Waals surface area contributed by atoms with E-state index in [1.807, 2.05) is 12.1 Å². The number of hydrogen-bond donors (Lipinski definition) is 0. The van der Waals surface area contributed by atoms with E-state index in [1.54, 1.807) is 0 Å². The predicted molar refractivity (Wildman–Crippen MR) is 94.0 cm³/mol. The second-order valence-corrected chi connectivity index (χ2v) is 7.37. The fourth-order valence-electron chi connectivity index (χ4n) is 4.73. The van der Waals surface area contributed by atoms with Gasteiger partial charge < -0.3 is 4.74 Å². The van der Waals surface area contributed by atoms with Crippen LogP contribution in [0, 0.1) is 11.3 Å². The summed E-state index contributed by atoms with van der Waals surface area (Å²) >= 11 is 0. The van der Waals surface area contributed by atoms with E-state index < -0.39 is 11.5 Å². The van der Waals surface area contributed by atoms with Crippen LogP contribution >= 0.6 is 0 Å². The van der Waals surface area contributed by atoms with E-state index in [4.69, 9.17) is 4.74 Å². The molecule has 0 spiro atoms. The smallest absolute Gasteiger partial charge is 0.416 e. The number of carbonyl (C=O) groups excluding carboxylic acids is 2. The molecule has 3 aliphatic rings. The Bertz CT molecular complexity index is 918. The lowest BCUT2D eigenvalue weighted by Crippen LogP contribution is -2.42. The van der Waals surface area contributed by atoms with Crippen LogP contribution in [-0.2, 0) is 9.53 Å². The first-order chi connectivity index (χ1) is 12.2. The van der Waals surface area contributed by atoms with Crippen LogP contribution < -0.4 is 0 Å². The summed E-state index contributed by atoms with van der Waals surface area (Å²) in [6, 6.07) is 14.9. The second-order valence-electron chi connectivity index (χ2n) is 7.37. The monoisotopic (exact) mass is 333 g/mol. The Hall–Kier alpha value is -2.62. The number of fused-ring (bicyclic) bond motifs is 3. The summed E-state index contributed by atoms with van der Waals surface area (Å²) in [4.78, 5) is 26.1. The molecule has 0 radical (unpaired) electrons. The minimum absolute atomic E-state index is 0.0861. The lowest BCUT2D eigenvalue weighted by Gasteiger charge is -2.28. The van der Waals surface area contributed by atoms with Gasteiger partial charge in [0.25, 0.3) is 0 Å². The number of rotatable bonds is 2. The Morgan fingerprint density at radius 2 is 1.96 bits per heavy atom. The third-order valence-electron chi connectivity index (χ3n) is 6.00. The number of imide groups is 1. The van der Waals surface area contributed by atoms with Crippen LogP contribution in [0.25, 0.3) is 10.8 Å². The lowest BCUT2D eigenvalue weighted by atomic mass is 9.80. The number of nitrogens with zero attached hydrogens (tertiary/aromatic N) is 1. The lowest BCUT2D eigenvalue weighted by molar-refractivity contribution is -0.135. The van der Waals surface area contributed by atoms with Crippen LogP contribution in [0.4, 0.5) is 4.79 Å². The van der Waals surface area contributed by atoms with E-state index in [1.165, 1.54) is 21.2 Å². The molecule has 2 fully saturated rings. The number of hydrogen-bond acceptors (Lipinski definition) is 3. The average molecular weight is 333 g/mol. The summed E-state index contributed by atoms with van der Waals surface area (Å²) in [7, 11) is 0. The SMILES string of the molecule is O=C1OCCN1C(=O)[C@@]12C=C[C@@H](C1)C(c1ccc3ccccc3c1)C2. The molecule has 4 heteroatoms. The van der Waals surface area contributed by atoms with Crippen LogP contribution in [-0.4, -0.2) is 30.1 Å². The number of benzene rings is 2. The third kappa shape index (κ3) is 2.13. The van der Waals surface area contributed by atoms with Gasteiger partial charge in [-0.15, -0.1) is 0 Å². The number of amides is 2. The zero-order valence-electron chi connectivity index (χ0n) is 13.9. The summed E-state index contributed by atoms with van der Waals surface area (Å²) in [5, 5.41) is 2.46. The van der Waals surface area contributed by atoms with Crippen LogP contribution in [0.5, 0.6) is 0 Å². The predicted octanol–water partition coefficient (Wildman–Crippen LogP) is 3.87. The maximum Gasteiger partial charge on any atom is 0.416 e. The molecule has 1 saturated heterocycles. The summed E-state index contributed by atoms with van der Waals surface area (Å²) in [5.41, 5.74) is 0.747. The van der Waals surface area contributed by atoms with Crippen LogP contribution in [0.3, 0.4) is 0 Å². The van der Waals surface area contributed by atoms with Gasteiger partial charge in [-0.1, -0.05) is 54.6 Å². The molecular formula is C21H19NO3.